The SMILES string of the molecule is CN1CCN(C(=O)c2ccc(Nc3ccccc3C#N)nn2)CC1. The minimum absolute atomic E-state index is 0.0976. The third kappa shape index (κ3) is 3.50. The van der Waals surface area contributed by atoms with Crippen molar-refractivity contribution in [1.82, 2.24) is 20.0 Å². The van der Waals surface area contributed by atoms with E-state index < -0.39 is 0 Å². The molecule has 0 saturated carbocycles. The van der Waals surface area contributed by atoms with Gasteiger partial charge < -0.3 is 15.1 Å². The molecule has 0 atom stereocenters. The predicted molar refractivity (Wildman–Crippen MR) is 89.9 cm³/mol. The van der Waals surface area contributed by atoms with Crippen LogP contribution in [0, 0.1) is 11.3 Å². The molecule has 0 aliphatic carbocycles. The smallest absolute Gasteiger partial charge is 0.274 e. The van der Waals surface area contributed by atoms with Gasteiger partial charge in [0.05, 0.1) is 11.3 Å². The number of nitriles is 1. The maximum atomic E-state index is 12.4. The molecule has 0 radical (unpaired) electrons. The molecule has 7 heteroatoms. The Hall–Kier alpha value is -2.98. The predicted octanol–water partition coefficient (Wildman–Crippen LogP) is 1.48. The molecule has 1 aliphatic heterocycles. The van der Waals surface area contributed by atoms with Crippen LogP contribution < -0.4 is 5.32 Å². The largest absolute Gasteiger partial charge is 0.338 e. The molecular weight excluding hydrogens is 304 g/mol. The Bertz CT molecular complexity index is 759. The fourth-order valence-electron chi connectivity index (χ4n) is 2.51. The summed E-state index contributed by atoms with van der Waals surface area (Å²) in [4.78, 5) is 16.4. The molecule has 122 valence electrons. The van der Waals surface area contributed by atoms with Crippen LogP contribution >= 0.6 is 0 Å². The van der Waals surface area contributed by atoms with Crippen LogP contribution in [-0.2, 0) is 0 Å². The van der Waals surface area contributed by atoms with Gasteiger partial charge >= 0.3 is 0 Å². The van der Waals surface area contributed by atoms with Crippen LogP contribution in [0.4, 0.5) is 11.5 Å². The van der Waals surface area contributed by atoms with Crippen molar-refractivity contribution in [3.05, 3.63) is 47.7 Å². The second-order valence-corrected chi connectivity index (χ2v) is 5.68. The van der Waals surface area contributed by atoms with Gasteiger partial charge in [0.25, 0.3) is 5.91 Å². The van der Waals surface area contributed by atoms with Crippen molar-refractivity contribution in [3.63, 3.8) is 0 Å². The third-order valence-corrected chi connectivity index (χ3v) is 3.98. The zero-order chi connectivity index (χ0) is 16.9. The number of piperazine rings is 1. The Kier molecular flexibility index (Phi) is 4.68. The number of hydrogen-bond acceptors (Lipinski definition) is 6. The van der Waals surface area contributed by atoms with Gasteiger partial charge in [-0.05, 0) is 31.3 Å². The minimum atomic E-state index is -0.0976. The molecule has 1 fully saturated rings. The lowest BCUT2D eigenvalue weighted by atomic mass is 10.2. The third-order valence-electron chi connectivity index (χ3n) is 3.98. The highest BCUT2D eigenvalue weighted by molar-refractivity contribution is 5.92. The monoisotopic (exact) mass is 322 g/mol. The van der Waals surface area contributed by atoms with E-state index in [2.05, 4.69) is 26.5 Å². The molecule has 1 aliphatic rings. The summed E-state index contributed by atoms with van der Waals surface area (Å²) >= 11 is 0. The first-order chi connectivity index (χ1) is 11.7. The van der Waals surface area contributed by atoms with E-state index in [0.29, 0.717) is 35.9 Å². The van der Waals surface area contributed by atoms with Gasteiger partial charge in [-0.2, -0.15) is 5.26 Å². The summed E-state index contributed by atoms with van der Waals surface area (Å²) in [5.41, 5.74) is 1.52. The molecule has 1 saturated heterocycles. The van der Waals surface area contributed by atoms with Crippen molar-refractivity contribution in [1.29, 1.82) is 5.26 Å². The number of rotatable bonds is 3. The molecule has 2 aromatic rings. The molecule has 1 aromatic heterocycles. The average Bonchev–Trinajstić information content (AvgIpc) is 2.63. The van der Waals surface area contributed by atoms with Crippen LogP contribution in [0.5, 0.6) is 0 Å². The summed E-state index contributed by atoms with van der Waals surface area (Å²) in [5, 5.41) is 20.2. The van der Waals surface area contributed by atoms with E-state index >= 15 is 0 Å². The number of aromatic nitrogens is 2. The number of benzene rings is 1. The Labute approximate surface area is 140 Å². The average molecular weight is 322 g/mol. The topological polar surface area (TPSA) is 85.1 Å². The summed E-state index contributed by atoms with van der Waals surface area (Å²) in [5.74, 6) is 0.396. The van der Waals surface area contributed by atoms with E-state index in [1.54, 1.807) is 35.2 Å². The normalized spacial score (nSPS) is 14.9. The lowest BCUT2D eigenvalue weighted by Crippen LogP contribution is -2.47. The Balaban J connectivity index is 1.69. The number of para-hydroxylation sites is 1. The molecule has 0 unspecified atom stereocenters. The maximum Gasteiger partial charge on any atom is 0.274 e. The summed E-state index contributed by atoms with van der Waals surface area (Å²) in [6.07, 6.45) is 0. The van der Waals surface area contributed by atoms with E-state index in [1.165, 1.54) is 0 Å². The van der Waals surface area contributed by atoms with E-state index in [-0.39, 0.29) is 5.91 Å². The zero-order valence-corrected chi connectivity index (χ0v) is 13.4. The highest BCUT2D eigenvalue weighted by Gasteiger charge is 2.21. The van der Waals surface area contributed by atoms with Gasteiger partial charge in [0.2, 0.25) is 0 Å². The van der Waals surface area contributed by atoms with E-state index in [9.17, 15) is 4.79 Å². The van der Waals surface area contributed by atoms with E-state index in [0.717, 1.165) is 13.1 Å². The molecular formula is C17H18N6O. The number of anilines is 2. The molecule has 0 bridgehead atoms. The lowest BCUT2D eigenvalue weighted by molar-refractivity contribution is 0.0657. The van der Waals surface area contributed by atoms with Crippen LogP contribution in [-0.4, -0.2) is 59.1 Å². The standard InChI is InChI=1S/C17H18N6O/c1-22-8-10-23(11-9-22)17(24)15-6-7-16(21-20-15)19-14-5-3-2-4-13(14)12-18/h2-7H,8-11H2,1H3,(H,19,21). The summed E-state index contributed by atoms with van der Waals surface area (Å²) in [6.45, 7) is 3.13. The maximum absolute atomic E-state index is 12.4. The number of nitrogens with one attached hydrogen (secondary N) is 1. The molecule has 7 nitrogen and oxygen atoms in total. The molecule has 1 amide bonds. The quantitative estimate of drug-likeness (QED) is 0.921. The van der Waals surface area contributed by atoms with Gasteiger partial charge in [-0.3, -0.25) is 4.79 Å². The Morgan fingerprint density at radius 2 is 1.88 bits per heavy atom. The summed E-state index contributed by atoms with van der Waals surface area (Å²) in [7, 11) is 2.04. The number of hydrogen-bond donors (Lipinski definition) is 1. The number of carbonyl (C=O) groups is 1. The van der Waals surface area contributed by atoms with Crippen LogP contribution in [0.1, 0.15) is 16.1 Å². The van der Waals surface area contributed by atoms with Crippen LogP contribution in [0.2, 0.25) is 0 Å². The first-order valence-corrected chi connectivity index (χ1v) is 7.75. The number of carbonyl (C=O) groups excluding carboxylic acids is 1. The van der Waals surface area contributed by atoms with Gasteiger partial charge in [-0.15, -0.1) is 10.2 Å². The number of nitrogens with zero attached hydrogens (tertiary/aromatic N) is 5. The van der Waals surface area contributed by atoms with Crippen molar-refractivity contribution >= 4 is 17.4 Å². The van der Waals surface area contributed by atoms with Crippen molar-refractivity contribution in [2.45, 2.75) is 0 Å². The lowest BCUT2D eigenvalue weighted by Gasteiger charge is -2.32. The van der Waals surface area contributed by atoms with Crippen molar-refractivity contribution in [3.8, 4) is 6.07 Å². The zero-order valence-electron chi connectivity index (χ0n) is 13.4. The van der Waals surface area contributed by atoms with Crippen LogP contribution in [0.15, 0.2) is 36.4 Å². The molecule has 2 heterocycles. The van der Waals surface area contributed by atoms with Crippen molar-refractivity contribution in [2.24, 2.45) is 0 Å². The number of likely N-dealkylation sites (N-methyl/N-ethyl adjacent to an activating group) is 1. The first-order valence-electron chi connectivity index (χ1n) is 7.75. The summed E-state index contributed by atoms with van der Waals surface area (Å²) in [6, 6.07) is 12.6. The second kappa shape index (κ2) is 7.06. The molecule has 0 spiro atoms. The summed E-state index contributed by atoms with van der Waals surface area (Å²) < 4.78 is 0. The van der Waals surface area contributed by atoms with Gasteiger partial charge in [-0.25, -0.2) is 0 Å². The first kappa shape index (κ1) is 15.9. The van der Waals surface area contributed by atoms with Crippen LogP contribution in [0.25, 0.3) is 0 Å². The fraction of sp³-hybridized carbons (Fsp3) is 0.294. The fourth-order valence-corrected chi connectivity index (χ4v) is 2.51. The number of amides is 1. The second-order valence-electron chi connectivity index (χ2n) is 5.68. The van der Waals surface area contributed by atoms with Gasteiger partial charge in [0.1, 0.15) is 6.07 Å². The van der Waals surface area contributed by atoms with E-state index in [1.807, 2.05) is 13.1 Å². The van der Waals surface area contributed by atoms with Gasteiger partial charge in [-0.1, -0.05) is 12.1 Å². The Morgan fingerprint density at radius 3 is 2.54 bits per heavy atom. The molecule has 24 heavy (non-hydrogen) atoms. The molecule has 1 N–H and O–H groups in total. The van der Waals surface area contributed by atoms with Crippen molar-refractivity contribution < 1.29 is 4.79 Å². The highest BCUT2D eigenvalue weighted by atomic mass is 16.2. The molecule has 3 rings (SSSR count). The van der Waals surface area contributed by atoms with E-state index in [4.69, 9.17) is 5.26 Å². The van der Waals surface area contributed by atoms with Crippen LogP contribution in [0.3, 0.4) is 0 Å². The van der Waals surface area contributed by atoms with Gasteiger partial charge in [0.15, 0.2) is 11.5 Å². The molecule has 1 aromatic carbocycles. The Morgan fingerprint density at radius 1 is 1.12 bits per heavy atom. The van der Waals surface area contributed by atoms with Crippen molar-refractivity contribution in [2.75, 3.05) is 38.5 Å². The highest BCUT2D eigenvalue weighted by Crippen LogP contribution is 2.18. The van der Waals surface area contributed by atoms with Gasteiger partial charge in [0, 0.05) is 26.2 Å². The minimum Gasteiger partial charge on any atom is -0.338 e.